The van der Waals surface area contributed by atoms with E-state index in [1.165, 1.54) is 44.5 Å². The van der Waals surface area contributed by atoms with E-state index in [-0.39, 0.29) is 0 Å². The Labute approximate surface area is 113 Å². The van der Waals surface area contributed by atoms with Crippen molar-refractivity contribution in [3.05, 3.63) is 24.3 Å². The van der Waals surface area contributed by atoms with Crippen molar-refractivity contribution in [1.82, 2.24) is 5.43 Å². The Morgan fingerprint density at radius 3 is 2.42 bits per heavy atom. The first-order valence-corrected chi connectivity index (χ1v) is 7.01. The summed E-state index contributed by atoms with van der Waals surface area (Å²) in [6.45, 7) is 2.34. The summed E-state index contributed by atoms with van der Waals surface area (Å²) in [4.78, 5) is 6.88. The molecule has 0 radical (unpaired) electrons. The molecule has 0 aromatic heterocycles. The summed E-state index contributed by atoms with van der Waals surface area (Å²) in [5, 5.41) is 3.21. The van der Waals surface area contributed by atoms with Crippen molar-refractivity contribution in [1.29, 1.82) is 0 Å². The third-order valence-electron chi connectivity index (χ3n) is 3.60. The zero-order valence-electron chi connectivity index (χ0n) is 11.1. The van der Waals surface area contributed by atoms with E-state index in [9.17, 15) is 0 Å². The maximum absolute atomic E-state index is 5.47. The van der Waals surface area contributed by atoms with Crippen molar-refractivity contribution < 1.29 is 0 Å². The van der Waals surface area contributed by atoms with E-state index in [1.807, 2.05) is 0 Å². The van der Waals surface area contributed by atoms with Gasteiger partial charge in [0, 0.05) is 24.5 Å². The molecule has 0 unspecified atom stereocenters. The van der Waals surface area contributed by atoms with Gasteiger partial charge in [-0.2, -0.15) is 0 Å². The van der Waals surface area contributed by atoms with Gasteiger partial charge in [0.2, 0.25) is 5.96 Å². The Morgan fingerprint density at radius 1 is 1.16 bits per heavy atom. The van der Waals surface area contributed by atoms with Gasteiger partial charge in [-0.3, -0.25) is 5.43 Å². The second kappa shape index (κ2) is 5.48. The fraction of sp³-hybridized carbons (Fsp3) is 0.500. The van der Waals surface area contributed by atoms with Gasteiger partial charge in [-0.1, -0.05) is 0 Å². The van der Waals surface area contributed by atoms with Crippen molar-refractivity contribution in [2.45, 2.75) is 31.7 Å². The van der Waals surface area contributed by atoms with Crippen LogP contribution >= 0.6 is 0 Å². The van der Waals surface area contributed by atoms with Gasteiger partial charge in [0.15, 0.2) is 0 Å². The van der Waals surface area contributed by atoms with Crippen LogP contribution in [0.3, 0.4) is 0 Å². The van der Waals surface area contributed by atoms with Crippen LogP contribution < -0.4 is 21.5 Å². The Morgan fingerprint density at radius 2 is 1.84 bits per heavy atom. The number of benzene rings is 1. The third-order valence-corrected chi connectivity index (χ3v) is 3.60. The van der Waals surface area contributed by atoms with E-state index in [0.29, 0.717) is 12.0 Å². The molecule has 1 heterocycles. The minimum Gasteiger partial charge on any atom is -0.372 e. The van der Waals surface area contributed by atoms with Gasteiger partial charge in [0.25, 0.3) is 0 Å². The van der Waals surface area contributed by atoms with Crippen molar-refractivity contribution in [2.24, 2.45) is 10.8 Å². The normalized spacial score (nSPS) is 19.6. The van der Waals surface area contributed by atoms with Crippen LogP contribution in [0.25, 0.3) is 0 Å². The SMILES string of the molecule is NNC(=NC1CC1)Nc1ccc(N2CCCC2)cc1. The van der Waals surface area contributed by atoms with E-state index in [2.05, 4.69) is 44.9 Å². The molecule has 5 heteroatoms. The molecule has 0 bridgehead atoms. The molecule has 2 fully saturated rings. The number of nitrogens with one attached hydrogen (secondary N) is 2. The van der Waals surface area contributed by atoms with Gasteiger partial charge in [0.1, 0.15) is 0 Å². The summed E-state index contributed by atoms with van der Waals surface area (Å²) in [7, 11) is 0. The van der Waals surface area contributed by atoms with Crippen LogP contribution in [-0.4, -0.2) is 25.1 Å². The summed E-state index contributed by atoms with van der Waals surface area (Å²) < 4.78 is 0. The molecule has 0 amide bonds. The molecule has 0 atom stereocenters. The number of nitrogens with two attached hydrogens (primary N) is 1. The molecule has 1 aliphatic heterocycles. The number of hydrogen-bond donors (Lipinski definition) is 3. The summed E-state index contributed by atoms with van der Waals surface area (Å²) >= 11 is 0. The molecular weight excluding hydrogens is 238 g/mol. The average molecular weight is 259 g/mol. The van der Waals surface area contributed by atoms with Crippen LogP contribution in [0.2, 0.25) is 0 Å². The van der Waals surface area contributed by atoms with Crippen LogP contribution in [0.1, 0.15) is 25.7 Å². The summed E-state index contributed by atoms with van der Waals surface area (Å²) in [6, 6.07) is 8.90. The number of aliphatic imine (C=N–C) groups is 1. The van der Waals surface area contributed by atoms with E-state index in [0.717, 1.165) is 5.69 Å². The summed E-state index contributed by atoms with van der Waals surface area (Å²) in [6.07, 6.45) is 4.94. The van der Waals surface area contributed by atoms with Crippen LogP contribution in [-0.2, 0) is 0 Å². The predicted octanol–water partition coefficient (Wildman–Crippen LogP) is 1.68. The summed E-state index contributed by atoms with van der Waals surface area (Å²) in [5.41, 5.74) is 4.93. The lowest BCUT2D eigenvalue weighted by Crippen LogP contribution is -2.36. The Kier molecular flexibility index (Phi) is 3.55. The van der Waals surface area contributed by atoms with E-state index in [1.54, 1.807) is 0 Å². The van der Waals surface area contributed by atoms with Gasteiger partial charge >= 0.3 is 0 Å². The minimum absolute atomic E-state index is 0.447. The van der Waals surface area contributed by atoms with Gasteiger partial charge in [-0.05, 0) is 49.9 Å². The molecule has 1 aromatic rings. The molecule has 3 rings (SSSR count). The van der Waals surface area contributed by atoms with Gasteiger partial charge in [-0.15, -0.1) is 0 Å². The van der Waals surface area contributed by atoms with Crippen molar-refractivity contribution in [3.8, 4) is 0 Å². The number of hydrogen-bond acceptors (Lipinski definition) is 3. The van der Waals surface area contributed by atoms with Crippen molar-refractivity contribution in [2.75, 3.05) is 23.3 Å². The number of nitrogens with zero attached hydrogens (tertiary/aromatic N) is 2. The Bertz CT molecular complexity index is 443. The topological polar surface area (TPSA) is 65.7 Å². The third kappa shape index (κ3) is 3.17. The van der Waals surface area contributed by atoms with Crippen LogP contribution in [0.4, 0.5) is 11.4 Å². The smallest absolute Gasteiger partial charge is 0.210 e. The maximum Gasteiger partial charge on any atom is 0.210 e. The number of hydrazine groups is 1. The lowest BCUT2D eigenvalue weighted by atomic mass is 10.2. The molecule has 4 N–H and O–H groups in total. The van der Waals surface area contributed by atoms with Crippen molar-refractivity contribution in [3.63, 3.8) is 0 Å². The molecule has 1 saturated carbocycles. The van der Waals surface area contributed by atoms with Gasteiger partial charge in [-0.25, -0.2) is 10.8 Å². The van der Waals surface area contributed by atoms with Crippen LogP contribution in [0.15, 0.2) is 29.3 Å². The Balaban J connectivity index is 1.64. The van der Waals surface area contributed by atoms with E-state index in [4.69, 9.17) is 5.84 Å². The number of rotatable bonds is 3. The number of guanidine groups is 1. The highest BCUT2D eigenvalue weighted by Crippen LogP contribution is 2.24. The molecule has 0 spiro atoms. The second-order valence-electron chi connectivity index (χ2n) is 5.22. The first-order chi connectivity index (χ1) is 9.35. The first-order valence-electron chi connectivity index (χ1n) is 7.01. The molecule has 1 aromatic carbocycles. The average Bonchev–Trinajstić information content (AvgIpc) is 3.09. The monoisotopic (exact) mass is 259 g/mol. The Hall–Kier alpha value is -1.75. The fourth-order valence-corrected chi connectivity index (χ4v) is 2.36. The van der Waals surface area contributed by atoms with Crippen LogP contribution in [0, 0.1) is 0 Å². The maximum atomic E-state index is 5.47. The predicted molar refractivity (Wildman–Crippen MR) is 79.3 cm³/mol. The molecule has 19 heavy (non-hydrogen) atoms. The molecule has 1 saturated heterocycles. The molecular formula is C14H21N5. The lowest BCUT2D eigenvalue weighted by molar-refractivity contribution is 0.949. The standard InChI is InChI=1S/C14H21N5/c15-18-14(16-11-3-4-11)17-12-5-7-13(8-6-12)19-9-1-2-10-19/h5-8,11H,1-4,9-10,15H2,(H2,16,17,18). The summed E-state index contributed by atoms with van der Waals surface area (Å²) in [5.74, 6) is 6.12. The highest BCUT2D eigenvalue weighted by Gasteiger charge is 2.21. The second-order valence-corrected chi connectivity index (χ2v) is 5.22. The zero-order valence-corrected chi connectivity index (χ0v) is 11.1. The van der Waals surface area contributed by atoms with Gasteiger partial charge < -0.3 is 10.2 Å². The van der Waals surface area contributed by atoms with E-state index < -0.39 is 0 Å². The molecule has 5 nitrogen and oxygen atoms in total. The quantitative estimate of drug-likeness (QED) is 0.334. The highest BCUT2D eigenvalue weighted by atomic mass is 15.3. The molecule has 2 aliphatic rings. The van der Waals surface area contributed by atoms with Crippen molar-refractivity contribution >= 4 is 17.3 Å². The van der Waals surface area contributed by atoms with E-state index >= 15 is 0 Å². The fourth-order valence-electron chi connectivity index (χ4n) is 2.36. The minimum atomic E-state index is 0.447. The van der Waals surface area contributed by atoms with Gasteiger partial charge in [0.05, 0.1) is 6.04 Å². The number of anilines is 2. The molecule has 102 valence electrons. The molecule has 1 aliphatic carbocycles. The first kappa shape index (κ1) is 12.3. The highest BCUT2D eigenvalue weighted by molar-refractivity contribution is 5.93. The van der Waals surface area contributed by atoms with Crippen LogP contribution in [0.5, 0.6) is 0 Å². The lowest BCUT2D eigenvalue weighted by Gasteiger charge is -2.18. The zero-order chi connectivity index (χ0) is 13.1. The largest absolute Gasteiger partial charge is 0.372 e.